The third kappa shape index (κ3) is 6.65. The maximum absolute atomic E-state index is 12.6. The molecule has 0 spiro atoms. The first kappa shape index (κ1) is 22.5. The van der Waals surface area contributed by atoms with Crippen LogP contribution in [0, 0.1) is 0 Å². The van der Waals surface area contributed by atoms with Crippen LogP contribution in [0.2, 0.25) is 0 Å². The van der Waals surface area contributed by atoms with E-state index >= 15 is 0 Å². The Morgan fingerprint density at radius 2 is 1.64 bits per heavy atom. The van der Waals surface area contributed by atoms with Crippen molar-refractivity contribution >= 4 is 17.8 Å². The summed E-state index contributed by atoms with van der Waals surface area (Å²) in [6, 6.07) is -0.0819. The number of piperazine rings is 1. The molecule has 2 aliphatic heterocycles. The fraction of sp³-hybridized carbons (Fsp3) is 0.850. The standard InChI is InChI=1S/C20H37N5O3/c1-6-21-19(22-15-17(26)28-20(3,4)5)25-13-11-23(12-14-25)16(2)18(27)24-9-7-8-10-24/h16H,6-15H2,1-5H3,(H,21,22). The average molecular weight is 396 g/mol. The number of hydrogen-bond acceptors (Lipinski definition) is 5. The van der Waals surface area contributed by atoms with E-state index in [-0.39, 0.29) is 24.5 Å². The number of nitrogens with zero attached hydrogens (tertiary/aromatic N) is 4. The van der Waals surface area contributed by atoms with Gasteiger partial charge in [0.2, 0.25) is 5.91 Å². The van der Waals surface area contributed by atoms with Gasteiger partial charge in [-0.2, -0.15) is 0 Å². The minimum absolute atomic E-state index is 0.00364. The summed E-state index contributed by atoms with van der Waals surface area (Å²) in [5, 5.41) is 3.26. The zero-order chi connectivity index (χ0) is 20.7. The van der Waals surface area contributed by atoms with Crippen molar-refractivity contribution in [1.82, 2.24) is 20.0 Å². The van der Waals surface area contributed by atoms with Gasteiger partial charge in [-0.3, -0.25) is 14.5 Å². The van der Waals surface area contributed by atoms with Crippen LogP contribution < -0.4 is 5.32 Å². The van der Waals surface area contributed by atoms with Gasteiger partial charge in [-0.1, -0.05) is 0 Å². The molecular weight excluding hydrogens is 358 g/mol. The van der Waals surface area contributed by atoms with E-state index in [4.69, 9.17) is 4.74 Å². The highest BCUT2D eigenvalue weighted by atomic mass is 16.6. The second-order valence-electron chi connectivity index (χ2n) is 8.49. The lowest BCUT2D eigenvalue weighted by Gasteiger charge is -2.39. The van der Waals surface area contributed by atoms with Crippen molar-refractivity contribution in [2.45, 2.75) is 59.1 Å². The first-order valence-electron chi connectivity index (χ1n) is 10.5. The first-order valence-corrected chi connectivity index (χ1v) is 10.5. The van der Waals surface area contributed by atoms with E-state index in [1.807, 2.05) is 39.5 Å². The third-order valence-electron chi connectivity index (χ3n) is 5.05. The highest BCUT2D eigenvalue weighted by Crippen LogP contribution is 2.14. The second kappa shape index (κ2) is 10.1. The van der Waals surface area contributed by atoms with Crippen LogP contribution in [0.25, 0.3) is 0 Å². The molecule has 0 aromatic carbocycles. The number of aliphatic imine (C=N–C) groups is 1. The Labute approximate surface area is 169 Å². The van der Waals surface area contributed by atoms with Crippen molar-refractivity contribution in [2.24, 2.45) is 4.99 Å². The number of likely N-dealkylation sites (tertiary alicyclic amines) is 1. The highest BCUT2D eigenvalue weighted by Gasteiger charge is 2.30. The summed E-state index contributed by atoms with van der Waals surface area (Å²) < 4.78 is 5.33. The van der Waals surface area contributed by atoms with Gasteiger partial charge in [0.15, 0.2) is 5.96 Å². The lowest BCUT2D eigenvalue weighted by atomic mass is 10.2. The molecule has 0 saturated carbocycles. The molecule has 28 heavy (non-hydrogen) atoms. The quantitative estimate of drug-likeness (QED) is 0.424. The summed E-state index contributed by atoms with van der Waals surface area (Å²) in [5.41, 5.74) is -0.505. The molecule has 2 heterocycles. The molecule has 8 heteroatoms. The molecule has 2 saturated heterocycles. The predicted molar refractivity (Wildman–Crippen MR) is 110 cm³/mol. The molecule has 8 nitrogen and oxygen atoms in total. The zero-order valence-electron chi connectivity index (χ0n) is 18.2. The predicted octanol–water partition coefficient (Wildman–Crippen LogP) is 0.922. The fourth-order valence-corrected chi connectivity index (χ4v) is 3.62. The van der Waals surface area contributed by atoms with Gasteiger partial charge in [0, 0.05) is 45.8 Å². The molecule has 0 radical (unpaired) electrons. The summed E-state index contributed by atoms with van der Waals surface area (Å²) >= 11 is 0. The number of hydrogen-bond donors (Lipinski definition) is 1. The van der Waals surface area contributed by atoms with Crippen LogP contribution in [0.5, 0.6) is 0 Å². The SMILES string of the molecule is CCNC(=NCC(=O)OC(C)(C)C)N1CCN(C(C)C(=O)N2CCCC2)CC1. The Bertz CT molecular complexity index is 559. The number of esters is 1. The van der Waals surface area contributed by atoms with Gasteiger partial charge < -0.3 is 19.9 Å². The molecule has 0 aromatic heterocycles. The maximum Gasteiger partial charge on any atom is 0.328 e. The number of amides is 1. The van der Waals surface area contributed by atoms with Crippen molar-refractivity contribution in [2.75, 3.05) is 52.4 Å². The van der Waals surface area contributed by atoms with Gasteiger partial charge in [-0.15, -0.1) is 0 Å². The molecule has 2 rings (SSSR count). The van der Waals surface area contributed by atoms with Crippen LogP contribution in [-0.2, 0) is 14.3 Å². The zero-order valence-corrected chi connectivity index (χ0v) is 18.2. The summed E-state index contributed by atoms with van der Waals surface area (Å²) in [7, 11) is 0. The van der Waals surface area contributed by atoms with Gasteiger partial charge in [0.1, 0.15) is 12.1 Å². The monoisotopic (exact) mass is 395 g/mol. The molecule has 0 aliphatic carbocycles. The van der Waals surface area contributed by atoms with Crippen LogP contribution in [0.3, 0.4) is 0 Å². The minimum Gasteiger partial charge on any atom is -0.459 e. The van der Waals surface area contributed by atoms with Crippen molar-refractivity contribution in [3.05, 3.63) is 0 Å². The second-order valence-corrected chi connectivity index (χ2v) is 8.49. The van der Waals surface area contributed by atoms with Gasteiger partial charge in [0.05, 0.1) is 6.04 Å². The van der Waals surface area contributed by atoms with E-state index in [0.717, 1.165) is 64.6 Å². The van der Waals surface area contributed by atoms with E-state index in [2.05, 4.69) is 20.1 Å². The van der Waals surface area contributed by atoms with Crippen LogP contribution in [0.15, 0.2) is 4.99 Å². The lowest BCUT2D eigenvalue weighted by molar-refractivity contribution is -0.152. The molecule has 2 fully saturated rings. The lowest BCUT2D eigenvalue weighted by Crippen LogP contribution is -2.57. The Balaban J connectivity index is 1.88. The van der Waals surface area contributed by atoms with E-state index in [0.29, 0.717) is 0 Å². The summed E-state index contributed by atoms with van der Waals surface area (Å²) in [4.78, 5) is 35.4. The normalized spacial score (nSPS) is 20.2. The molecule has 0 aromatic rings. The van der Waals surface area contributed by atoms with E-state index in [1.165, 1.54) is 0 Å². The minimum atomic E-state index is -0.505. The summed E-state index contributed by atoms with van der Waals surface area (Å²) in [5.74, 6) is 0.648. The summed E-state index contributed by atoms with van der Waals surface area (Å²) in [6.45, 7) is 15.3. The first-order chi connectivity index (χ1) is 13.2. The van der Waals surface area contributed by atoms with Gasteiger partial charge >= 0.3 is 5.97 Å². The molecule has 1 N–H and O–H groups in total. The van der Waals surface area contributed by atoms with Gasteiger partial charge in [-0.25, -0.2) is 4.99 Å². The average Bonchev–Trinajstić information content (AvgIpc) is 3.17. The maximum atomic E-state index is 12.6. The fourth-order valence-electron chi connectivity index (χ4n) is 3.62. The van der Waals surface area contributed by atoms with Crippen LogP contribution in [0.1, 0.15) is 47.5 Å². The van der Waals surface area contributed by atoms with Crippen molar-refractivity contribution in [3.63, 3.8) is 0 Å². The van der Waals surface area contributed by atoms with E-state index in [9.17, 15) is 9.59 Å². The Hall–Kier alpha value is -1.83. The molecule has 2 aliphatic rings. The van der Waals surface area contributed by atoms with Gasteiger partial charge in [-0.05, 0) is 47.5 Å². The van der Waals surface area contributed by atoms with Crippen LogP contribution in [-0.4, -0.2) is 96.5 Å². The molecule has 160 valence electrons. The Kier molecular flexibility index (Phi) is 8.10. The van der Waals surface area contributed by atoms with E-state index in [1.54, 1.807) is 0 Å². The molecule has 0 bridgehead atoms. The van der Waals surface area contributed by atoms with Crippen molar-refractivity contribution in [1.29, 1.82) is 0 Å². The number of ether oxygens (including phenoxy) is 1. The van der Waals surface area contributed by atoms with E-state index < -0.39 is 5.60 Å². The molecule has 1 unspecified atom stereocenters. The van der Waals surface area contributed by atoms with Gasteiger partial charge in [0.25, 0.3) is 0 Å². The highest BCUT2D eigenvalue weighted by molar-refractivity contribution is 5.83. The third-order valence-corrected chi connectivity index (χ3v) is 5.05. The smallest absolute Gasteiger partial charge is 0.328 e. The number of nitrogens with one attached hydrogen (secondary N) is 1. The number of guanidine groups is 1. The largest absolute Gasteiger partial charge is 0.459 e. The number of rotatable bonds is 5. The summed E-state index contributed by atoms with van der Waals surface area (Å²) in [6.07, 6.45) is 2.23. The molecular formula is C20H37N5O3. The van der Waals surface area contributed by atoms with Crippen LogP contribution >= 0.6 is 0 Å². The Morgan fingerprint density at radius 3 is 2.18 bits per heavy atom. The van der Waals surface area contributed by atoms with Crippen molar-refractivity contribution in [3.8, 4) is 0 Å². The molecule has 1 amide bonds. The molecule has 1 atom stereocenters. The topological polar surface area (TPSA) is 77.5 Å². The number of carbonyl (C=O) groups excluding carboxylic acids is 2. The Morgan fingerprint density at radius 1 is 1.04 bits per heavy atom. The number of carbonyl (C=O) groups is 2. The van der Waals surface area contributed by atoms with Crippen LogP contribution in [0.4, 0.5) is 0 Å². The van der Waals surface area contributed by atoms with Crippen molar-refractivity contribution < 1.29 is 14.3 Å².